The Morgan fingerprint density at radius 2 is 2.17 bits per heavy atom. The first kappa shape index (κ1) is 20.2. The molecule has 4 rings (SSSR count). The van der Waals surface area contributed by atoms with Crippen molar-refractivity contribution in [3.8, 4) is 16.3 Å². The van der Waals surface area contributed by atoms with Gasteiger partial charge < -0.3 is 10.5 Å². The fourth-order valence-corrected chi connectivity index (χ4v) is 4.90. The molecule has 0 saturated heterocycles. The summed E-state index contributed by atoms with van der Waals surface area (Å²) < 4.78 is 35.1. The van der Waals surface area contributed by atoms with Gasteiger partial charge in [0, 0.05) is 6.42 Å². The largest absolute Gasteiger partial charge is 0.481 e. The second-order valence-electron chi connectivity index (χ2n) is 6.91. The van der Waals surface area contributed by atoms with Crippen LogP contribution in [0.2, 0.25) is 0 Å². The van der Waals surface area contributed by atoms with Crippen molar-refractivity contribution >= 4 is 33.0 Å². The van der Waals surface area contributed by atoms with Crippen molar-refractivity contribution in [3.05, 3.63) is 57.0 Å². The maximum atomic E-state index is 13.5. The van der Waals surface area contributed by atoms with Crippen LogP contribution in [-0.4, -0.2) is 28.7 Å². The standard InChI is InChI=1S/C20H18BrF2N3O2S/c21-14-10-25-26-3-4-28-20-13(19(14)26)8-18(29-20)17(27)7-12(9-24)5-11-1-2-15(22)16(23)6-11/h1-2,6,8,10,12H,3-5,7,9,24H2/t12-/m1/s1. The van der Waals surface area contributed by atoms with Crippen LogP contribution in [-0.2, 0) is 13.0 Å². The van der Waals surface area contributed by atoms with Gasteiger partial charge in [0.15, 0.2) is 22.5 Å². The molecule has 0 fully saturated rings. The molecule has 3 aromatic rings. The van der Waals surface area contributed by atoms with Crippen LogP contribution < -0.4 is 10.5 Å². The quantitative estimate of drug-likeness (QED) is 0.528. The minimum absolute atomic E-state index is 0.0492. The Hall–Kier alpha value is -2.10. The summed E-state index contributed by atoms with van der Waals surface area (Å²) in [6, 6.07) is 5.60. The van der Waals surface area contributed by atoms with Gasteiger partial charge in [-0.1, -0.05) is 17.4 Å². The van der Waals surface area contributed by atoms with Crippen LogP contribution in [0.1, 0.15) is 21.7 Å². The van der Waals surface area contributed by atoms with Crippen LogP contribution in [0.25, 0.3) is 11.3 Å². The molecule has 9 heteroatoms. The van der Waals surface area contributed by atoms with Crippen molar-refractivity contribution < 1.29 is 18.3 Å². The number of hydrogen-bond acceptors (Lipinski definition) is 5. The van der Waals surface area contributed by atoms with Crippen LogP contribution in [0.3, 0.4) is 0 Å². The second-order valence-corrected chi connectivity index (χ2v) is 8.78. The fourth-order valence-electron chi connectivity index (χ4n) is 3.41. The summed E-state index contributed by atoms with van der Waals surface area (Å²) in [4.78, 5) is 13.5. The smallest absolute Gasteiger partial charge is 0.184 e. The number of halogens is 3. The Morgan fingerprint density at radius 3 is 2.93 bits per heavy atom. The molecular formula is C20H18BrF2N3O2S. The van der Waals surface area contributed by atoms with E-state index in [4.69, 9.17) is 10.5 Å². The van der Waals surface area contributed by atoms with Gasteiger partial charge in [-0.15, -0.1) is 0 Å². The van der Waals surface area contributed by atoms with Crippen molar-refractivity contribution in [1.29, 1.82) is 0 Å². The Morgan fingerprint density at radius 1 is 1.34 bits per heavy atom. The molecule has 0 bridgehead atoms. The normalized spacial score (nSPS) is 13.9. The van der Waals surface area contributed by atoms with Crippen molar-refractivity contribution in [2.75, 3.05) is 13.2 Å². The lowest BCUT2D eigenvalue weighted by molar-refractivity contribution is 0.0966. The highest BCUT2D eigenvalue weighted by molar-refractivity contribution is 9.10. The minimum atomic E-state index is -0.897. The number of carbonyl (C=O) groups excluding carboxylic acids is 1. The van der Waals surface area contributed by atoms with Gasteiger partial charge in [0.1, 0.15) is 6.61 Å². The molecular weight excluding hydrogens is 464 g/mol. The molecule has 0 saturated carbocycles. The van der Waals surface area contributed by atoms with E-state index >= 15 is 0 Å². The number of nitrogens with zero attached hydrogens (tertiary/aromatic N) is 2. The lowest BCUT2D eigenvalue weighted by Gasteiger charge is -2.13. The maximum absolute atomic E-state index is 13.5. The van der Waals surface area contributed by atoms with E-state index in [1.807, 2.05) is 10.7 Å². The van der Waals surface area contributed by atoms with E-state index in [1.165, 1.54) is 17.4 Å². The molecule has 3 heterocycles. The van der Waals surface area contributed by atoms with Gasteiger partial charge in [0.05, 0.1) is 33.3 Å². The number of thiophene rings is 1. The van der Waals surface area contributed by atoms with Gasteiger partial charge in [-0.3, -0.25) is 9.48 Å². The van der Waals surface area contributed by atoms with E-state index < -0.39 is 11.6 Å². The second kappa shape index (κ2) is 8.33. The highest BCUT2D eigenvalue weighted by atomic mass is 79.9. The fraction of sp³-hybridized carbons (Fsp3) is 0.300. The van der Waals surface area contributed by atoms with Gasteiger partial charge in [-0.05, 0) is 58.6 Å². The van der Waals surface area contributed by atoms with Crippen molar-refractivity contribution in [2.45, 2.75) is 19.4 Å². The molecule has 0 radical (unpaired) electrons. The third-order valence-corrected chi connectivity index (χ3v) is 6.54. The number of benzene rings is 1. The zero-order valence-corrected chi connectivity index (χ0v) is 17.7. The monoisotopic (exact) mass is 481 g/mol. The van der Waals surface area contributed by atoms with Gasteiger partial charge in [-0.2, -0.15) is 5.10 Å². The molecule has 152 valence electrons. The molecule has 1 aromatic carbocycles. The van der Waals surface area contributed by atoms with Crippen molar-refractivity contribution in [3.63, 3.8) is 0 Å². The van der Waals surface area contributed by atoms with Crippen molar-refractivity contribution in [2.24, 2.45) is 11.7 Å². The highest BCUT2D eigenvalue weighted by Gasteiger charge is 2.25. The SMILES string of the molecule is NC[C@@H](CC(=O)c1cc2c(s1)OCCn1ncc(Br)c1-2)Cc1ccc(F)c(F)c1. The zero-order chi connectivity index (χ0) is 20.5. The van der Waals surface area contributed by atoms with Crippen LogP contribution in [0.15, 0.2) is 34.9 Å². The first-order chi connectivity index (χ1) is 14.0. The molecule has 29 heavy (non-hydrogen) atoms. The Bertz CT molecular complexity index is 1070. The Labute approximate surface area is 178 Å². The van der Waals surface area contributed by atoms with Crippen LogP contribution in [0.5, 0.6) is 5.06 Å². The Kier molecular flexibility index (Phi) is 5.80. The molecule has 0 spiro atoms. The summed E-state index contributed by atoms with van der Waals surface area (Å²) in [7, 11) is 0. The molecule has 5 nitrogen and oxygen atoms in total. The molecule has 0 unspecified atom stereocenters. The van der Waals surface area contributed by atoms with Gasteiger partial charge in [-0.25, -0.2) is 8.78 Å². The summed E-state index contributed by atoms with van der Waals surface area (Å²) in [5.41, 5.74) is 8.19. The summed E-state index contributed by atoms with van der Waals surface area (Å²) >= 11 is 4.82. The number of rotatable bonds is 6. The van der Waals surface area contributed by atoms with E-state index in [-0.39, 0.29) is 24.7 Å². The molecule has 2 aromatic heterocycles. The Balaban J connectivity index is 1.53. The van der Waals surface area contributed by atoms with Crippen LogP contribution in [0, 0.1) is 17.6 Å². The van der Waals surface area contributed by atoms with E-state index in [1.54, 1.807) is 6.20 Å². The van der Waals surface area contributed by atoms with E-state index in [0.717, 1.165) is 27.9 Å². The molecule has 2 N–H and O–H groups in total. The number of fused-ring (bicyclic) bond motifs is 3. The van der Waals surface area contributed by atoms with E-state index in [2.05, 4.69) is 21.0 Å². The number of aromatic nitrogens is 2. The van der Waals surface area contributed by atoms with Crippen molar-refractivity contribution in [1.82, 2.24) is 9.78 Å². The lowest BCUT2D eigenvalue weighted by Crippen LogP contribution is -2.20. The van der Waals surface area contributed by atoms with Gasteiger partial charge in [0.2, 0.25) is 0 Å². The molecule has 0 aliphatic carbocycles. The van der Waals surface area contributed by atoms with Gasteiger partial charge in [0.25, 0.3) is 0 Å². The van der Waals surface area contributed by atoms with Crippen LogP contribution >= 0.6 is 27.3 Å². The van der Waals surface area contributed by atoms with E-state index in [0.29, 0.717) is 35.1 Å². The predicted octanol–water partition coefficient (Wildman–Crippen LogP) is 4.44. The molecule has 1 aliphatic heterocycles. The van der Waals surface area contributed by atoms with Gasteiger partial charge >= 0.3 is 0 Å². The summed E-state index contributed by atoms with van der Waals surface area (Å²) in [6.07, 6.45) is 2.35. The number of carbonyl (C=O) groups is 1. The lowest BCUT2D eigenvalue weighted by atomic mass is 9.93. The average molecular weight is 482 g/mol. The third kappa shape index (κ3) is 4.12. The summed E-state index contributed by atoms with van der Waals surface area (Å²) in [5.74, 6) is -2.01. The molecule has 0 amide bonds. The number of hydrogen-bond donors (Lipinski definition) is 1. The average Bonchev–Trinajstić information content (AvgIpc) is 3.23. The number of ether oxygens (including phenoxy) is 1. The predicted molar refractivity (Wildman–Crippen MR) is 110 cm³/mol. The van der Waals surface area contributed by atoms with E-state index in [9.17, 15) is 13.6 Å². The first-order valence-corrected chi connectivity index (χ1v) is 10.7. The summed E-state index contributed by atoms with van der Waals surface area (Å²) in [5, 5.41) is 5.02. The van der Waals surface area contributed by atoms with Crippen LogP contribution in [0.4, 0.5) is 8.78 Å². The number of Topliss-reactive ketones (excluding diaryl/α,β-unsaturated/α-hetero) is 1. The first-order valence-electron chi connectivity index (χ1n) is 9.11. The third-order valence-electron chi connectivity index (χ3n) is 4.87. The highest BCUT2D eigenvalue weighted by Crippen LogP contribution is 2.43. The molecule has 1 atom stereocenters. The topological polar surface area (TPSA) is 70.1 Å². The minimum Gasteiger partial charge on any atom is -0.481 e. The zero-order valence-electron chi connectivity index (χ0n) is 15.3. The molecule has 1 aliphatic rings. The number of nitrogens with two attached hydrogens (primary N) is 1. The summed E-state index contributed by atoms with van der Waals surface area (Å²) in [6.45, 7) is 1.38. The number of ketones is 1. The maximum Gasteiger partial charge on any atom is 0.184 e.